The van der Waals surface area contributed by atoms with E-state index in [0.29, 0.717) is 6.54 Å². The lowest BCUT2D eigenvalue weighted by Crippen LogP contribution is -2.37. The summed E-state index contributed by atoms with van der Waals surface area (Å²) in [6.07, 6.45) is 1.35. The minimum Gasteiger partial charge on any atom is -0.491 e. The third-order valence-corrected chi connectivity index (χ3v) is 4.63. The molecule has 4 nitrogen and oxygen atoms in total. The largest absolute Gasteiger partial charge is 0.491 e. The summed E-state index contributed by atoms with van der Waals surface area (Å²) in [7, 11) is 0. The summed E-state index contributed by atoms with van der Waals surface area (Å²) in [5, 5.41) is 5.08. The molecule has 0 aliphatic heterocycles. The maximum atomic E-state index is 12.4. The number of fused-ring (bicyclic) bond motifs is 1. The van der Waals surface area contributed by atoms with Crippen LogP contribution in [0.15, 0.2) is 66.7 Å². The van der Waals surface area contributed by atoms with Gasteiger partial charge in [0.05, 0.1) is 6.10 Å². The molecule has 0 aromatic heterocycles. The molecule has 0 saturated heterocycles. The number of amides is 1. The predicted molar refractivity (Wildman–Crippen MR) is 118 cm³/mol. The van der Waals surface area contributed by atoms with Gasteiger partial charge in [-0.1, -0.05) is 48.5 Å². The zero-order valence-electron chi connectivity index (χ0n) is 17.4. The SMILES string of the molecule is CC(C)Oc1cccc(CCCNC(=O)C(C)Oc2cccc3ccccc23)c1. The van der Waals surface area contributed by atoms with E-state index < -0.39 is 6.10 Å². The molecule has 0 aliphatic carbocycles. The van der Waals surface area contributed by atoms with Crippen molar-refractivity contribution in [3.8, 4) is 11.5 Å². The molecular formula is C25H29NO3. The van der Waals surface area contributed by atoms with Gasteiger partial charge in [0.15, 0.2) is 6.10 Å². The molecule has 0 bridgehead atoms. The van der Waals surface area contributed by atoms with E-state index in [1.54, 1.807) is 6.92 Å². The summed E-state index contributed by atoms with van der Waals surface area (Å²) in [6, 6.07) is 22.0. The Balaban J connectivity index is 1.47. The number of rotatable bonds is 9. The van der Waals surface area contributed by atoms with Gasteiger partial charge in [0, 0.05) is 11.9 Å². The number of aryl methyl sites for hydroxylation is 1. The molecule has 3 aromatic carbocycles. The second kappa shape index (κ2) is 9.97. The van der Waals surface area contributed by atoms with Crippen molar-refractivity contribution in [3.63, 3.8) is 0 Å². The van der Waals surface area contributed by atoms with Gasteiger partial charge >= 0.3 is 0 Å². The summed E-state index contributed by atoms with van der Waals surface area (Å²) >= 11 is 0. The normalized spacial score (nSPS) is 12.0. The molecule has 3 aromatic rings. The average Bonchev–Trinajstić information content (AvgIpc) is 2.71. The van der Waals surface area contributed by atoms with E-state index in [1.807, 2.05) is 68.4 Å². The smallest absolute Gasteiger partial charge is 0.260 e. The van der Waals surface area contributed by atoms with Gasteiger partial charge in [-0.2, -0.15) is 0 Å². The number of benzene rings is 3. The van der Waals surface area contributed by atoms with E-state index in [1.165, 1.54) is 5.56 Å². The van der Waals surface area contributed by atoms with Crippen LogP contribution in [-0.4, -0.2) is 24.7 Å². The van der Waals surface area contributed by atoms with Crippen molar-refractivity contribution in [3.05, 3.63) is 72.3 Å². The molecule has 0 spiro atoms. The average molecular weight is 392 g/mol. The van der Waals surface area contributed by atoms with Crippen LogP contribution in [0, 0.1) is 0 Å². The van der Waals surface area contributed by atoms with Crippen molar-refractivity contribution >= 4 is 16.7 Å². The van der Waals surface area contributed by atoms with Gasteiger partial charge in [0.25, 0.3) is 5.91 Å². The number of nitrogens with one attached hydrogen (secondary N) is 1. The topological polar surface area (TPSA) is 47.6 Å². The third-order valence-electron chi connectivity index (χ3n) is 4.63. The fraction of sp³-hybridized carbons (Fsp3) is 0.320. The summed E-state index contributed by atoms with van der Waals surface area (Å²) < 4.78 is 11.7. The Labute approximate surface area is 172 Å². The Kier molecular flexibility index (Phi) is 7.12. The molecule has 1 amide bonds. The monoisotopic (exact) mass is 391 g/mol. The van der Waals surface area contributed by atoms with E-state index in [0.717, 1.165) is 35.1 Å². The van der Waals surface area contributed by atoms with Crippen LogP contribution in [0.1, 0.15) is 32.8 Å². The Morgan fingerprint density at radius 1 is 0.931 bits per heavy atom. The molecule has 0 radical (unpaired) electrons. The highest BCUT2D eigenvalue weighted by Gasteiger charge is 2.15. The quantitative estimate of drug-likeness (QED) is 0.514. The molecule has 152 valence electrons. The first kappa shape index (κ1) is 20.7. The van der Waals surface area contributed by atoms with Gasteiger partial charge in [-0.3, -0.25) is 4.79 Å². The fourth-order valence-electron chi connectivity index (χ4n) is 3.24. The zero-order chi connectivity index (χ0) is 20.6. The number of hydrogen-bond donors (Lipinski definition) is 1. The molecule has 3 rings (SSSR count). The maximum Gasteiger partial charge on any atom is 0.260 e. The summed E-state index contributed by atoms with van der Waals surface area (Å²) in [5.74, 6) is 1.51. The van der Waals surface area contributed by atoms with E-state index in [2.05, 4.69) is 17.4 Å². The van der Waals surface area contributed by atoms with Gasteiger partial charge in [0.2, 0.25) is 0 Å². The Morgan fingerprint density at radius 3 is 2.52 bits per heavy atom. The molecule has 1 N–H and O–H groups in total. The zero-order valence-corrected chi connectivity index (χ0v) is 17.4. The van der Waals surface area contributed by atoms with Crippen molar-refractivity contribution in [2.24, 2.45) is 0 Å². The van der Waals surface area contributed by atoms with Crippen molar-refractivity contribution in [1.29, 1.82) is 0 Å². The first-order valence-electron chi connectivity index (χ1n) is 10.2. The van der Waals surface area contributed by atoms with Gasteiger partial charge < -0.3 is 14.8 Å². The lowest BCUT2D eigenvalue weighted by Gasteiger charge is -2.16. The molecule has 0 heterocycles. The Hall–Kier alpha value is -3.01. The first-order valence-corrected chi connectivity index (χ1v) is 10.2. The van der Waals surface area contributed by atoms with Crippen molar-refractivity contribution in [2.75, 3.05) is 6.54 Å². The lowest BCUT2D eigenvalue weighted by molar-refractivity contribution is -0.127. The highest BCUT2D eigenvalue weighted by molar-refractivity contribution is 5.89. The Morgan fingerprint density at radius 2 is 1.69 bits per heavy atom. The molecule has 1 atom stereocenters. The standard InChI is InChI=1S/C25H29NO3/c1-18(2)28-22-13-6-9-20(17-22)10-8-16-26-25(27)19(3)29-24-15-7-12-21-11-4-5-14-23(21)24/h4-7,9,11-15,17-19H,8,10,16H2,1-3H3,(H,26,27). The van der Waals surface area contributed by atoms with Crippen LogP contribution in [0.25, 0.3) is 10.8 Å². The van der Waals surface area contributed by atoms with E-state index >= 15 is 0 Å². The molecule has 1 unspecified atom stereocenters. The number of hydrogen-bond acceptors (Lipinski definition) is 3. The second-order valence-electron chi connectivity index (χ2n) is 7.45. The lowest BCUT2D eigenvalue weighted by atomic mass is 10.1. The molecule has 0 aliphatic rings. The van der Waals surface area contributed by atoms with Crippen LogP contribution >= 0.6 is 0 Å². The molecule has 4 heteroatoms. The summed E-state index contributed by atoms with van der Waals surface area (Å²) in [6.45, 7) is 6.43. The number of carbonyl (C=O) groups is 1. The van der Waals surface area contributed by atoms with E-state index in [4.69, 9.17) is 9.47 Å². The van der Waals surface area contributed by atoms with Crippen LogP contribution in [0.5, 0.6) is 11.5 Å². The number of carbonyl (C=O) groups excluding carboxylic acids is 1. The van der Waals surface area contributed by atoms with Gasteiger partial charge in [-0.05, 0) is 62.8 Å². The maximum absolute atomic E-state index is 12.4. The summed E-state index contributed by atoms with van der Waals surface area (Å²) in [5.41, 5.74) is 1.21. The van der Waals surface area contributed by atoms with Crippen molar-refractivity contribution in [2.45, 2.75) is 45.8 Å². The highest BCUT2D eigenvalue weighted by atomic mass is 16.5. The molecule has 0 saturated carbocycles. The van der Waals surface area contributed by atoms with Crippen molar-refractivity contribution < 1.29 is 14.3 Å². The highest BCUT2D eigenvalue weighted by Crippen LogP contribution is 2.26. The first-order chi connectivity index (χ1) is 14.0. The van der Waals surface area contributed by atoms with Gasteiger partial charge in [-0.25, -0.2) is 0 Å². The van der Waals surface area contributed by atoms with Crippen LogP contribution in [-0.2, 0) is 11.2 Å². The molecule has 29 heavy (non-hydrogen) atoms. The van der Waals surface area contributed by atoms with E-state index in [9.17, 15) is 4.79 Å². The van der Waals surface area contributed by atoms with Gasteiger partial charge in [-0.15, -0.1) is 0 Å². The minimum atomic E-state index is -0.552. The number of ether oxygens (including phenoxy) is 2. The second-order valence-corrected chi connectivity index (χ2v) is 7.45. The molecule has 0 fully saturated rings. The minimum absolute atomic E-state index is 0.102. The predicted octanol–water partition coefficient (Wildman–Crippen LogP) is 5.14. The van der Waals surface area contributed by atoms with Crippen LogP contribution in [0.4, 0.5) is 0 Å². The third kappa shape index (κ3) is 5.98. The van der Waals surface area contributed by atoms with Crippen LogP contribution in [0.3, 0.4) is 0 Å². The Bertz CT molecular complexity index is 946. The van der Waals surface area contributed by atoms with Crippen molar-refractivity contribution in [1.82, 2.24) is 5.32 Å². The van der Waals surface area contributed by atoms with Crippen LogP contribution in [0.2, 0.25) is 0 Å². The summed E-state index contributed by atoms with van der Waals surface area (Å²) in [4.78, 5) is 12.4. The molecular weight excluding hydrogens is 362 g/mol. The van der Waals surface area contributed by atoms with E-state index in [-0.39, 0.29) is 12.0 Å². The van der Waals surface area contributed by atoms with Crippen LogP contribution < -0.4 is 14.8 Å². The fourth-order valence-corrected chi connectivity index (χ4v) is 3.24. The van der Waals surface area contributed by atoms with Gasteiger partial charge in [0.1, 0.15) is 11.5 Å².